The lowest BCUT2D eigenvalue weighted by Crippen LogP contribution is -2.03. The lowest BCUT2D eigenvalue weighted by molar-refractivity contribution is 0.790. The highest BCUT2D eigenvalue weighted by Gasteiger charge is 2.16. The van der Waals surface area contributed by atoms with Crippen molar-refractivity contribution in [2.45, 2.75) is 13.8 Å². The smallest absolute Gasteiger partial charge is 0.190 e. The zero-order chi connectivity index (χ0) is 15.0. The first-order valence-electron chi connectivity index (χ1n) is 6.47. The van der Waals surface area contributed by atoms with Crippen LogP contribution in [-0.4, -0.2) is 20.2 Å². The van der Waals surface area contributed by atoms with E-state index < -0.39 is 0 Å². The second-order valence-corrected chi connectivity index (χ2v) is 5.37. The summed E-state index contributed by atoms with van der Waals surface area (Å²) in [4.78, 5) is 0. The normalized spacial score (nSPS) is 10.8. The van der Waals surface area contributed by atoms with Crippen LogP contribution in [-0.2, 0) is 0 Å². The van der Waals surface area contributed by atoms with E-state index in [1.54, 1.807) is 22.9 Å². The van der Waals surface area contributed by atoms with Gasteiger partial charge in [0, 0.05) is 5.69 Å². The Bertz CT molecular complexity index is 769. The Kier molecular flexibility index (Phi) is 3.35. The number of halogens is 1. The number of anilines is 1. The van der Waals surface area contributed by atoms with Gasteiger partial charge in [0.15, 0.2) is 5.82 Å². The van der Waals surface area contributed by atoms with Gasteiger partial charge in [-0.15, -0.1) is 5.10 Å². The summed E-state index contributed by atoms with van der Waals surface area (Å²) in [6.45, 7) is 4.06. The van der Waals surface area contributed by atoms with Crippen LogP contribution in [0.1, 0.15) is 11.1 Å². The molecule has 0 saturated heterocycles. The fourth-order valence-electron chi connectivity index (χ4n) is 2.37. The van der Waals surface area contributed by atoms with E-state index in [-0.39, 0.29) is 0 Å². The van der Waals surface area contributed by atoms with Crippen molar-refractivity contribution in [3.63, 3.8) is 0 Å². The Morgan fingerprint density at radius 3 is 2.48 bits per heavy atom. The molecule has 0 aliphatic heterocycles. The molecule has 21 heavy (non-hydrogen) atoms. The van der Waals surface area contributed by atoms with Gasteiger partial charge in [0.1, 0.15) is 0 Å². The lowest BCUT2D eigenvalue weighted by Gasteiger charge is -2.10. The van der Waals surface area contributed by atoms with Crippen molar-refractivity contribution >= 4 is 17.3 Å². The van der Waals surface area contributed by atoms with Crippen LogP contribution in [0.5, 0.6) is 0 Å². The van der Waals surface area contributed by atoms with Crippen LogP contribution in [0.3, 0.4) is 0 Å². The summed E-state index contributed by atoms with van der Waals surface area (Å²) < 4.78 is 1.65. The molecule has 3 aromatic rings. The molecule has 0 unspecified atom stereocenters. The molecule has 3 rings (SSSR count). The van der Waals surface area contributed by atoms with Crippen molar-refractivity contribution in [3.05, 3.63) is 52.5 Å². The number of hydrogen-bond donors (Lipinski definition) is 1. The van der Waals surface area contributed by atoms with Crippen LogP contribution < -0.4 is 5.73 Å². The number of tetrazole rings is 1. The van der Waals surface area contributed by atoms with Gasteiger partial charge in [-0.05, 0) is 59.7 Å². The highest BCUT2D eigenvalue weighted by atomic mass is 35.5. The second kappa shape index (κ2) is 5.18. The molecule has 0 aliphatic carbocycles. The molecule has 0 spiro atoms. The molecular formula is C15H14ClN5. The van der Waals surface area contributed by atoms with E-state index in [0.717, 1.165) is 16.8 Å². The minimum Gasteiger partial charge on any atom is -0.398 e. The van der Waals surface area contributed by atoms with Crippen LogP contribution >= 0.6 is 11.6 Å². The van der Waals surface area contributed by atoms with Crippen molar-refractivity contribution < 1.29 is 0 Å². The number of hydrogen-bond acceptors (Lipinski definition) is 4. The zero-order valence-corrected chi connectivity index (χ0v) is 12.5. The SMILES string of the molecule is Cc1cc(C)cc(-n2nnnc2-c2c(N)cccc2Cl)c1. The summed E-state index contributed by atoms with van der Waals surface area (Å²) in [6.07, 6.45) is 0. The number of nitrogen functional groups attached to an aromatic ring is 1. The molecule has 0 atom stereocenters. The molecule has 0 aliphatic rings. The Morgan fingerprint density at radius 1 is 1.10 bits per heavy atom. The van der Waals surface area contributed by atoms with Crippen LogP contribution in [0.2, 0.25) is 5.02 Å². The fourth-order valence-corrected chi connectivity index (χ4v) is 2.63. The van der Waals surface area contributed by atoms with E-state index in [1.165, 1.54) is 0 Å². The summed E-state index contributed by atoms with van der Waals surface area (Å²) in [5.41, 5.74) is 10.4. The average molecular weight is 300 g/mol. The van der Waals surface area contributed by atoms with Crippen molar-refractivity contribution in [3.8, 4) is 17.1 Å². The van der Waals surface area contributed by atoms with Gasteiger partial charge in [-0.2, -0.15) is 4.68 Å². The summed E-state index contributed by atoms with van der Waals surface area (Å²) in [5.74, 6) is 0.531. The van der Waals surface area contributed by atoms with Crippen molar-refractivity contribution in [1.82, 2.24) is 20.2 Å². The summed E-state index contributed by atoms with van der Waals surface area (Å²) in [7, 11) is 0. The quantitative estimate of drug-likeness (QED) is 0.738. The third-order valence-electron chi connectivity index (χ3n) is 3.19. The second-order valence-electron chi connectivity index (χ2n) is 4.96. The molecule has 0 fully saturated rings. The Balaban J connectivity index is 2.22. The van der Waals surface area contributed by atoms with Crippen LogP contribution in [0.25, 0.3) is 17.1 Å². The average Bonchev–Trinajstić information content (AvgIpc) is 2.86. The highest BCUT2D eigenvalue weighted by Crippen LogP contribution is 2.32. The van der Waals surface area contributed by atoms with Crippen molar-refractivity contribution in [2.75, 3.05) is 5.73 Å². The van der Waals surface area contributed by atoms with Gasteiger partial charge < -0.3 is 5.73 Å². The first-order valence-corrected chi connectivity index (χ1v) is 6.85. The minimum atomic E-state index is 0.524. The number of nitrogens with zero attached hydrogens (tertiary/aromatic N) is 4. The van der Waals surface area contributed by atoms with Gasteiger partial charge >= 0.3 is 0 Å². The predicted octanol–water partition coefficient (Wildman–Crippen LogP) is 3.18. The largest absolute Gasteiger partial charge is 0.398 e. The molecule has 0 amide bonds. The standard InChI is InChI=1S/C15H14ClN5/c1-9-6-10(2)8-11(7-9)21-15(18-19-20-21)14-12(16)4-3-5-13(14)17/h3-8H,17H2,1-2H3. The molecule has 0 radical (unpaired) electrons. The monoisotopic (exact) mass is 299 g/mol. The molecule has 0 saturated carbocycles. The van der Waals surface area contributed by atoms with Gasteiger partial charge in [0.25, 0.3) is 0 Å². The maximum atomic E-state index is 6.25. The molecule has 5 nitrogen and oxygen atoms in total. The van der Waals surface area contributed by atoms with Crippen molar-refractivity contribution in [1.29, 1.82) is 0 Å². The van der Waals surface area contributed by atoms with E-state index in [1.807, 2.05) is 26.0 Å². The van der Waals surface area contributed by atoms with Gasteiger partial charge in [0.05, 0.1) is 16.3 Å². The predicted molar refractivity (Wildman–Crippen MR) is 83.5 cm³/mol. The summed E-state index contributed by atoms with van der Waals surface area (Å²) in [5, 5.41) is 12.4. The molecule has 6 heteroatoms. The fraction of sp³-hybridized carbons (Fsp3) is 0.133. The Labute approximate surface area is 127 Å². The molecule has 2 N–H and O–H groups in total. The van der Waals surface area contributed by atoms with E-state index in [0.29, 0.717) is 22.1 Å². The Hall–Kier alpha value is -2.40. The molecule has 1 aromatic heterocycles. The molecule has 2 aromatic carbocycles. The van der Waals surface area contributed by atoms with E-state index in [2.05, 4.69) is 21.6 Å². The van der Waals surface area contributed by atoms with Crippen molar-refractivity contribution in [2.24, 2.45) is 0 Å². The molecule has 106 valence electrons. The molecule has 1 heterocycles. The minimum absolute atomic E-state index is 0.524. The number of aromatic nitrogens is 4. The third-order valence-corrected chi connectivity index (χ3v) is 3.50. The number of aryl methyl sites for hydroxylation is 2. The van der Waals surface area contributed by atoms with Crippen LogP contribution in [0, 0.1) is 13.8 Å². The number of benzene rings is 2. The molecular weight excluding hydrogens is 286 g/mol. The van der Waals surface area contributed by atoms with Crippen LogP contribution in [0.15, 0.2) is 36.4 Å². The third kappa shape index (κ3) is 2.48. The van der Waals surface area contributed by atoms with Gasteiger partial charge in [0.2, 0.25) is 0 Å². The van der Waals surface area contributed by atoms with E-state index in [9.17, 15) is 0 Å². The summed E-state index contributed by atoms with van der Waals surface area (Å²) in [6, 6.07) is 11.5. The maximum Gasteiger partial charge on any atom is 0.190 e. The number of rotatable bonds is 2. The highest BCUT2D eigenvalue weighted by molar-refractivity contribution is 6.33. The van der Waals surface area contributed by atoms with E-state index >= 15 is 0 Å². The maximum absolute atomic E-state index is 6.25. The van der Waals surface area contributed by atoms with Gasteiger partial charge in [-0.3, -0.25) is 0 Å². The first kappa shape index (κ1) is 13.6. The molecule has 0 bridgehead atoms. The summed E-state index contributed by atoms with van der Waals surface area (Å²) >= 11 is 6.25. The zero-order valence-electron chi connectivity index (χ0n) is 11.7. The van der Waals surface area contributed by atoms with E-state index in [4.69, 9.17) is 17.3 Å². The van der Waals surface area contributed by atoms with Gasteiger partial charge in [-0.25, -0.2) is 0 Å². The topological polar surface area (TPSA) is 69.6 Å². The van der Waals surface area contributed by atoms with Crippen LogP contribution in [0.4, 0.5) is 5.69 Å². The number of nitrogens with two attached hydrogens (primary N) is 1. The Morgan fingerprint density at radius 2 is 1.81 bits per heavy atom. The first-order chi connectivity index (χ1) is 10.1. The van der Waals surface area contributed by atoms with Gasteiger partial charge in [-0.1, -0.05) is 23.7 Å². The lowest BCUT2D eigenvalue weighted by atomic mass is 10.1.